The van der Waals surface area contributed by atoms with Crippen molar-refractivity contribution in [1.82, 2.24) is 5.32 Å². The molecule has 10 heteroatoms. The van der Waals surface area contributed by atoms with Crippen molar-refractivity contribution in [2.45, 2.75) is 23.5 Å². The van der Waals surface area contributed by atoms with E-state index in [0.29, 0.717) is 34.9 Å². The van der Waals surface area contributed by atoms with Crippen LogP contribution < -0.4 is 20.3 Å². The van der Waals surface area contributed by atoms with Crippen LogP contribution in [0.1, 0.15) is 29.3 Å². The second-order valence-electron chi connectivity index (χ2n) is 9.71. The number of carbonyl (C=O) groups is 4. The summed E-state index contributed by atoms with van der Waals surface area (Å²) < 4.78 is 18.8. The van der Waals surface area contributed by atoms with Gasteiger partial charge in [-0.2, -0.15) is 0 Å². The van der Waals surface area contributed by atoms with Gasteiger partial charge in [-0.1, -0.05) is 30.3 Å². The zero-order chi connectivity index (χ0) is 31.1. The number of anilines is 2. The summed E-state index contributed by atoms with van der Waals surface area (Å²) in [5, 5.41) is 4.88. The predicted molar refractivity (Wildman–Crippen MR) is 168 cm³/mol. The number of amides is 4. The summed E-state index contributed by atoms with van der Waals surface area (Å²) in [4.78, 5) is 53.6. The maximum atomic E-state index is 13.4. The maximum Gasteiger partial charge on any atom is 0.272 e. The molecule has 4 aromatic carbocycles. The molecule has 4 aromatic rings. The molecule has 1 aliphatic heterocycles. The molecule has 0 aromatic heterocycles. The number of benzene rings is 4. The van der Waals surface area contributed by atoms with Gasteiger partial charge in [0.1, 0.15) is 17.3 Å². The van der Waals surface area contributed by atoms with Crippen LogP contribution in [0.15, 0.2) is 114 Å². The first-order chi connectivity index (χ1) is 21.3. The molecule has 0 bridgehead atoms. The molecule has 0 saturated carbocycles. The van der Waals surface area contributed by atoms with Crippen LogP contribution in [-0.4, -0.2) is 35.5 Å². The normalized spacial score (nSPS) is 14.8. The van der Waals surface area contributed by atoms with E-state index in [0.717, 1.165) is 9.80 Å². The molecule has 222 valence electrons. The number of ether oxygens (including phenoxy) is 1. The molecule has 0 radical (unpaired) electrons. The van der Waals surface area contributed by atoms with E-state index in [9.17, 15) is 23.6 Å². The molecule has 0 spiro atoms. The Kier molecular flexibility index (Phi) is 9.51. The van der Waals surface area contributed by atoms with Gasteiger partial charge in [-0.25, -0.2) is 9.29 Å². The predicted octanol–water partition coefficient (Wildman–Crippen LogP) is 6.06. The second-order valence-corrected chi connectivity index (χ2v) is 11.0. The average Bonchev–Trinajstić information content (AvgIpc) is 3.31. The van der Waals surface area contributed by atoms with Crippen molar-refractivity contribution in [1.29, 1.82) is 0 Å². The van der Waals surface area contributed by atoms with Crippen LogP contribution in [0.25, 0.3) is 6.08 Å². The Morgan fingerprint density at radius 2 is 1.61 bits per heavy atom. The van der Waals surface area contributed by atoms with Gasteiger partial charge in [0.15, 0.2) is 0 Å². The minimum atomic E-state index is -0.634. The van der Waals surface area contributed by atoms with Crippen LogP contribution >= 0.6 is 11.8 Å². The van der Waals surface area contributed by atoms with Gasteiger partial charge in [0.2, 0.25) is 11.8 Å². The van der Waals surface area contributed by atoms with Crippen molar-refractivity contribution in [2.75, 3.05) is 16.8 Å². The summed E-state index contributed by atoms with van der Waals surface area (Å²) in [5.41, 5.74) is 1.92. The third kappa shape index (κ3) is 7.40. The SMILES string of the molecule is CCOc1ccc(/C=C(\NC(=O)c2ccccc2)C(=O)Nc2ccc(SC3CC(=O)N(c4ccc(F)cc4)C3=O)cc2)cc1. The molecule has 1 heterocycles. The lowest BCUT2D eigenvalue weighted by atomic mass is 10.1. The van der Waals surface area contributed by atoms with Crippen molar-refractivity contribution in [3.8, 4) is 5.75 Å². The fourth-order valence-corrected chi connectivity index (χ4v) is 5.53. The Morgan fingerprint density at radius 1 is 0.932 bits per heavy atom. The standard InChI is InChI=1S/C34H28FN3O5S/c1-2-43-27-16-8-22(9-17-27)20-29(37-32(40)23-6-4-3-5-7-23)33(41)36-25-12-18-28(19-13-25)44-30-21-31(39)38(34(30)42)26-14-10-24(35)11-15-26/h3-20,30H,2,21H2,1H3,(H,36,41)(H,37,40)/b29-20-. The number of imide groups is 1. The fourth-order valence-electron chi connectivity index (χ4n) is 4.47. The van der Waals surface area contributed by atoms with E-state index < -0.39 is 22.9 Å². The zero-order valence-corrected chi connectivity index (χ0v) is 24.5. The van der Waals surface area contributed by atoms with Gasteiger partial charge < -0.3 is 15.4 Å². The van der Waals surface area contributed by atoms with Crippen molar-refractivity contribution in [2.24, 2.45) is 0 Å². The quantitative estimate of drug-likeness (QED) is 0.167. The lowest BCUT2D eigenvalue weighted by Crippen LogP contribution is -2.31. The molecule has 1 unspecified atom stereocenters. The van der Waals surface area contributed by atoms with E-state index in [2.05, 4.69) is 10.6 Å². The molecule has 0 aliphatic carbocycles. The summed E-state index contributed by atoms with van der Waals surface area (Å²) in [6.07, 6.45) is 1.59. The van der Waals surface area contributed by atoms with Crippen LogP contribution in [-0.2, 0) is 14.4 Å². The second kappa shape index (κ2) is 13.8. The first-order valence-corrected chi connectivity index (χ1v) is 14.7. The minimum absolute atomic E-state index is 0.0141. The van der Waals surface area contributed by atoms with E-state index in [1.165, 1.54) is 36.0 Å². The van der Waals surface area contributed by atoms with Crippen LogP contribution in [0.5, 0.6) is 5.75 Å². The summed E-state index contributed by atoms with van der Waals surface area (Å²) in [6, 6.07) is 27.7. The molecule has 2 N–H and O–H groups in total. The minimum Gasteiger partial charge on any atom is -0.494 e. The number of rotatable bonds is 10. The zero-order valence-electron chi connectivity index (χ0n) is 23.7. The highest BCUT2D eigenvalue weighted by atomic mass is 32.2. The maximum absolute atomic E-state index is 13.4. The Bertz CT molecular complexity index is 1690. The van der Waals surface area contributed by atoms with E-state index in [4.69, 9.17) is 4.74 Å². The van der Waals surface area contributed by atoms with Gasteiger partial charge in [0, 0.05) is 22.6 Å². The van der Waals surface area contributed by atoms with Crippen molar-refractivity contribution in [3.63, 3.8) is 0 Å². The summed E-state index contributed by atoms with van der Waals surface area (Å²) >= 11 is 1.23. The topological polar surface area (TPSA) is 105 Å². The van der Waals surface area contributed by atoms with Crippen molar-refractivity contribution >= 4 is 52.8 Å². The highest BCUT2D eigenvalue weighted by Crippen LogP contribution is 2.34. The Balaban J connectivity index is 1.28. The van der Waals surface area contributed by atoms with Crippen LogP contribution in [0, 0.1) is 5.82 Å². The number of hydrogen-bond donors (Lipinski definition) is 2. The monoisotopic (exact) mass is 609 g/mol. The fraction of sp³-hybridized carbons (Fsp3) is 0.118. The number of carbonyl (C=O) groups excluding carboxylic acids is 4. The number of nitrogens with one attached hydrogen (secondary N) is 2. The molecule has 1 atom stereocenters. The molecule has 5 rings (SSSR count). The van der Waals surface area contributed by atoms with E-state index in [1.807, 2.05) is 6.92 Å². The molecule has 1 aliphatic rings. The summed E-state index contributed by atoms with van der Waals surface area (Å²) in [7, 11) is 0. The highest BCUT2D eigenvalue weighted by Gasteiger charge is 2.40. The van der Waals surface area contributed by atoms with E-state index in [1.54, 1.807) is 84.9 Å². The van der Waals surface area contributed by atoms with Gasteiger partial charge >= 0.3 is 0 Å². The molecule has 4 amide bonds. The average molecular weight is 610 g/mol. The Labute approximate surface area is 257 Å². The van der Waals surface area contributed by atoms with Gasteiger partial charge in [-0.15, -0.1) is 11.8 Å². The lowest BCUT2D eigenvalue weighted by molar-refractivity contribution is -0.121. The molecule has 8 nitrogen and oxygen atoms in total. The number of hydrogen-bond acceptors (Lipinski definition) is 6. The summed E-state index contributed by atoms with van der Waals surface area (Å²) in [5.74, 6) is -1.46. The molecule has 1 saturated heterocycles. The largest absolute Gasteiger partial charge is 0.494 e. The van der Waals surface area contributed by atoms with Gasteiger partial charge in [0.25, 0.3) is 11.8 Å². The third-order valence-corrected chi connectivity index (χ3v) is 7.81. The van der Waals surface area contributed by atoms with Crippen molar-refractivity contribution in [3.05, 3.63) is 126 Å². The molecule has 1 fully saturated rings. The first-order valence-electron chi connectivity index (χ1n) is 13.8. The van der Waals surface area contributed by atoms with Crippen LogP contribution in [0.4, 0.5) is 15.8 Å². The Hall–Kier alpha value is -5.22. The number of thioether (sulfide) groups is 1. The van der Waals surface area contributed by atoms with E-state index in [-0.39, 0.29) is 23.9 Å². The van der Waals surface area contributed by atoms with Crippen molar-refractivity contribution < 1.29 is 28.3 Å². The van der Waals surface area contributed by atoms with Crippen LogP contribution in [0.3, 0.4) is 0 Å². The smallest absolute Gasteiger partial charge is 0.272 e. The van der Waals surface area contributed by atoms with Gasteiger partial charge in [-0.05, 0) is 91.4 Å². The number of halogens is 1. The van der Waals surface area contributed by atoms with Gasteiger partial charge in [0.05, 0.1) is 17.5 Å². The lowest BCUT2D eigenvalue weighted by Gasteiger charge is -2.15. The summed E-state index contributed by atoms with van der Waals surface area (Å²) in [6.45, 7) is 2.41. The molecular weight excluding hydrogens is 581 g/mol. The Morgan fingerprint density at radius 3 is 2.27 bits per heavy atom. The highest BCUT2D eigenvalue weighted by molar-refractivity contribution is 8.00. The number of nitrogens with zero attached hydrogens (tertiary/aromatic N) is 1. The first kappa shape index (κ1) is 30.2. The van der Waals surface area contributed by atoms with Gasteiger partial charge in [-0.3, -0.25) is 19.2 Å². The molecule has 44 heavy (non-hydrogen) atoms. The van der Waals surface area contributed by atoms with E-state index >= 15 is 0 Å². The van der Waals surface area contributed by atoms with Crippen LogP contribution in [0.2, 0.25) is 0 Å². The molecular formula is C34H28FN3O5S. The third-order valence-electron chi connectivity index (χ3n) is 6.61.